The van der Waals surface area contributed by atoms with Crippen molar-refractivity contribution in [2.24, 2.45) is 0 Å². The molecule has 0 aliphatic carbocycles. The van der Waals surface area contributed by atoms with Crippen molar-refractivity contribution >= 4 is 6.08 Å². The van der Waals surface area contributed by atoms with Crippen molar-refractivity contribution in [3.05, 3.63) is 77.4 Å². The monoisotopic (exact) mass is 276 g/mol. The van der Waals surface area contributed by atoms with Crippen molar-refractivity contribution in [1.29, 1.82) is 0 Å². The van der Waals surface area contributed by atoms with E-state index >= 15 is 0 Å². The van der Waals surface area contributed by atoms with E-state index in [1.54, 1.807) is 0 Å². The number of allylic oxidation sites excluding steroid dienone is 1. The minimum absolute atomic E-state index is 0.221. The van der Waals surface area contributed by atoms with Crippen LogP contribution in [0.15, 0.2) is 60.7 Å². The van der Waals surface area contributed by atoms with E-state index in [4.69, 9.17) is 0 Å². The molecule has 20 heavy (non-hydrogen) atoms. The average Bonchev–Trinajstić information content (AvgIpc) is 2.45. The van der Waals surface area contributed by atoms with Crippen LogP contribution in [0.25, 0.3) is 6.08 Å². The van der Waals surface area contributed by atoms with Crippen LogP contribution in [0.1, 0.15) is 29.5 Å². The first kappa shape index (κ1) is 14.4. The van der Waals surface area contributed by atoms with Crippen molar-refractivity contribution in [2.45, 2.75) is 19.0 Å². The molecule has 0 nitrogen and oxygen atoms in total. The molecule has 0 heterocycles. The van der Waals surface area contributed by atoms with E-state index in [2.05, 4.69) is 6.92 Å². The fraction of sp³-hybridized carbons (Fsp3) is 0.176. The molecule has 0 saturated heterocycles. The van der Waals surface area contributed by atoms with E-state index in [1.807, 2.05) is 42.5 Å². The van der Waals surface area contributed by atoms with Crippen LogP contribution in [0, 0.1) is 0 Å². The van der Waals surface area contributed by atoms with E-state index < -0.39 is 11.7 Å². The Labute approximate surface area is 116 Å². The van der Waals surface area contributed by atoms with Crippen LogP contribution < -0.4 is 0 Å². The Bertz CT molecular complexity index is 565. The van der Waals surface area contributed by atoms with Crippen molar-refractivity contribution in [3.8, 4) is 0 Å². The van der Waals surface area contributed by atoms with Gasteiger partial charge in [-0.25, -0.2) is 0 Å². The molecular formula is C17H15F3. The maximum Gasteiger partial charge on any atom is 0.416 e. The predicted octanol–water partition coefficient (Wildman–Crippen LogP) is 5.52. The largest absolute Gasteiger partial charge is 0.416 e. The van der Waals surface area contributed by atoms with Crippen molar-refractivity contribution in [3.63, 3.8) is 0 Å². The Kier molecular flexibility index (Phi) is 4.28. The SMILES string of the molecule is C[C@H](/C=C/c1ccc(C(F)(F)F)cc1)c1ccccc1. The van der Waals surface area contributed by atoms with E-state index in [0.29, 0.717) is 0 Å². The van der Waals surface area contributed by atoms with Crippen molar-refractivity contribution in [1.82, 2.24) is 0 Å². The lowest BCUT2D eigenvalue weighted by Crippen LogP contribution is -2.03. The van der Waals surface area contributed by atoms with Gasteiger partial charge >= 0.3 is 6.18 Å². The average molecular weight is 276 g/mol. The van der Waals surface area contributed by atoms with Gasteiger partial charge in [-0.1, -0.05) is 61.5 Å². The van der Waals surface area contributed by atoms with Crippen LogP contribution in [0.4, 0.5) is 13.2 Å². The number of rotatable bonds is 3. The smallest absolute Gasteiger partial charge is 0.166 e. The van der Waals surface area contributed by atoms with Gasteiger partial charge in [0.1, 0.15) is 0 Å². The first-order valence-corrected chi connectivity index (χ1v) is 6.37. The molecule has 104 valence electrons. The molecule has 0 amide bonds. The van der Waals surface area contributed by atoms with Gasteiger partial charge in [-0.2, -0.15) is 13.2 Å². The summed E-state index contributed by atoms with van der Waals surface area (Å²) in [6.07, 6.45) is -0.449. The van der Waals surface area contributed by atoms with Gasteiger partial charge in [-0.05, 0) is 29.2 Å². The maximum absolute atomic E-state index is 12.4. The highest BCUT2D eigenvalue weighted by molar-refractivity contribution is 5.51. The summed E-state index contributed by atoms with van der Waals surface area (Å²) in [4.78, 5) is 0. The second kappa shape index (κ2) is 5.95. The molecule has 0 unspecified atom stereocenters. The molecule has 0 bridgehead atoms. The molecule has 2 aromatic rings. The van der Waals surface area contributed by atoms with E-state index in [9.17, 15) is 13.2 Å². The Hall–Kier alpha value is -2.03. The number of alkyl halides is 3. The molecule has 0 radical (unpaired) electrons. The third-order valence-electron chi connectivity index (χ3n) is 3.14. The summed E-state index contributed by atoms with van der Waals surface area (Å²) < 4.78 is 37.3. The first-order valence-electron chi connectivity index (χ1n) is 6.37. The van der Waals surface area contributed by atoms with Crippen LogP contribution in [0.3, 0.4) is 0 Å². The zero-order valence-corrected chi connectivity index (χ0v) is 11.1. The minimum Gasteiger partial charge on any atom is -0.166 e. The van der Waals surface area contributed by atoms with Crippen molar-refractivity contribution in [2.75, 3.05) is 0 Å². The van der Waals surface area contributed by atoms with Crippen LogP contribution in [0.5, 0.6) is 0 Å². The van der Waals surface area contributed by atoms with Crippen LogP contribution in [0.2, 0.25) is 0 Å². The second-order valence-electron chi connectivity index (χ2n) is 4.68. The Morgan fingerprint density at radius 3 is 2.05 bits per heavy atom. The number of hydrogen-bond donors (Lipinski definition) is 0. The summed E-state index contributed by atoms with van der Waals surface area (Å²) >= 11 is 0. The molecule has 3 heteroatoms. The highest BCUT2D eigenvalue weighted by Gasteiger charge is 2.29. The lowest BCUT2D eigenvalue weighted by molar-refractivity contribution is -0.137. The van der Waals surface area contributed by atoms with Crippen LogP contribution in [-0.2, 0) is 6.18 Å². The molecule has 0 spiro atoms. The minimum atomic E-state index is -4.28. The first-order chi connectivity index (χ1) is 9.47. The van der Waals surface area contributed by atoms with Gasteiger partial charge < -0.3 is 0 Å². The molecule has 1 atom stereocenters. The van der Waals surface area contributed by atoms with Crippen molar-refractivity contribution < 1.29 is 13.2 Å². The molecule has 0 aromatic heterocycles. The predicted molar refractivity (Wildman–Crippen MR) is 75.3 cm³/mol. The summed E-state index contributed by atoms with van der Waals surface area (Å²) in [6, 6.07) is 15.1. The molecule has 0 aliphatic rings. The molecule has 0 aliphatic heterocycles. The summed E-state index contributed by atoms with van der Waals surface area (Å²) in [5, 5.41) is 0. The quantitative estimate of drug-likeness (QED) is 0.692. The third-order valence-corrected chi connectivity index (χ3v) is 3.14. The number of hydrogen-bond acceptors (Lipinski definition) is 0. The summed E-state index contributed by atoms with van der Waals surface area (Å²) in [7, 11) is 0. The second-order valence-corrected chi connectivity index (χ2v) is 4.68. The molecular weight excluding hydrogens is 261 g/mol. The molecule has 0 saturated carbocycles. The van der Waals surface area contributed by atoms with Gasteiger partial charge in [0.15, 0.2) is 0 Å². The Balaban J connectivity index is 2.08. The van der Waals surface area contributed by atoms with E-state index in [1.165, 1.54) is 17.7 Å². The Morgan fingerprint density at radius 1 is 0.900 bits per heavy atom. The summed E-state index contributed by atoms with van der Waals surface area (Å²) in [5.74, 6) is 0.221. The molecule has 0 N–H and O–H groups in total. The Morgan fingerprint density at radius 2 is 1.50 bits per heavy atom. The van der Waals surface area contributed by atoms with E-state index in [0.717, 1.165) is 17.7 Å². The van der Waals surface area contributed by atoms with Gasteiger partial charge in [0.25, 0.3) is 0 Å². The lowest BCUT2D eigenvalue weighted by Gasteiger charge is -2.07. The number of halogens is 3. The van der Waals surface area contributed by atoms with Gasteiger partial charge in [0.2, 0.25) is 0 Å². The summed E-state index contributed by atoms with van der Waals surface area (Å²) in [6.45, 7) is 2.05. The zero-order valence-electron chi connectivity index (χ0n) is 11.1. The molecule has 0 fully saturated rings. The van der Waals surface area contributed by atoms with Crippen LogP contribution >= 0.6 is 0 Å². The fourth-order valence-corrected chi connectivity index (χ4v) is 1.91. The summed E-state index contributed by atoms with van der Waals surface area (Å²) in [5.41, 5.74) is 1.32. The standard InChI is InChI=1S/C17H15F3/c1-13(15-5-3-2-4-6-15)7-8-14-9-11-16(12-10-14)17(18,19)20/h2-13H,1H3/b8-7+/t13-/m1/s1. The van der Waals surface area contributed by atoms with Crippen LogP contribution in [-0.4, -0.2) is 0 Å². The highest BCUT2D eigenvalue weighted by Crippen LogP contribution is 2.29. The topological polar surface area (TPSA) is 0 Å². The zero-order chi connectivity index (χ0) is 14.6. The third kappa shape index (κ3) is 3.73. The van der Waals surface area contributed by atoms with Gasteiger partial charge in [0, 0.05) is 0 Å². The lowest BCUT2D eigenvalue weighted by atomic mass is 10.00. The molecule has 2 aromatic carbocycles. The number of benzene rings is 2. The van der Waals surface area contributed by atoms with E-state index in [-0.39, 0.29) is 5.92 Å². The normalized spacial score (nSPS) is 13.6. The maximum atomic E-state index is 12.4. The fourth-order valence-electron chi connectivity index (χ4n) is 1.91. The van der Waals surface area contributed by atoms with Gasteiger partial charge in [-0.3, -0.25) is 0 Å². The highest BCUT2D eigenvalue weighted by atomic mass is 19.4. The van der Waals surface area contributed by atoms with Gasteiger partial charge in [0.05, 0.1) is 5.56 Å². The van der Waals surface area contributed by atoms with Gasteiger partial charge in [-0.15, -0.1) is 0 Å². The molecule has 2 rings (SSSR count).